The van der Waals surface area contributed by atoms with Gasteiger partial charge in [0.2, 0.25) is 0 Å². The average Bonchev–Trinajstić information content (AvgIpc) is 3.02. The van der Waals surface area contributed by atoms with E-state index in [4.69, 9.17) is 0 Å². The van der Waals surface area contributed by atoms with E-state index in [0.29, 0.717) is 17.7 Å². The lowest BCUT2D eigenvalue weighted by Crippen LogP contribution is -2.50. The molecule has 2 heterocycles. The highest BCUT2D eigenvalue weighted by molar-refractivity contribution is 6.09. The Kier molecular flexibility index (Phi) is 5.85. The van der Waals surface area contributed by atoms with Gasteiger partial charge in [-0.05, 0) is 18.2 Å². The summed E-state index contributed by atoms with van der Waals surface area (Å²) >= 11 is 0. The van der Waals surface area contributed by atoms with Crippen molar-refractivity contribution >= 4 is 11.9 Å². The average molecular weight is 409 g/mol. The number of aliphatic hydroxyl groups is 1. The van der Waals surface area contributed by atoms with Crippen LogP contribution in [0.4, 0.5) is 4.79 Å². The van der Waals surface area contributed by atoms with Crippen LogP contribution in [-0.4, -0.2) is 84.2 Å². The van der Waals surface area contributed by atoms with Gasteiger partial charge in [-0.15, -0.1) is 0 Å². The number of hydrogen-bond acceptors (Lipinski definition) is 5. The standard InChI is InChI=1S/C23H28N4O3/c1-25-12-14-26(15-13-25)16-20(28)17-27-21(29)23(24-22(27)30,18-8-4-2-5-9-18)19-10-6-3-7-11-19/h2-11,20,28H,12-17H2,1H3,(H,24,30). The van der Waals surface area contributed by atoms with Crippen molar-refractivity contribution in [2.45, 2.75) is 11.6 Å². The van der Waals surface area contributed by atoms with Crippen molar-refractivity contribution in [3.8, 4) is 0 Å². The van der Waals surface area contributed by atoms with Gasteiger partial charge in [-0.3, -0.25) is 14.6 Å². The van der Waals surface area contributed by atoms with E-state index < -0.39 is 17.7 Å². The number of imide groups is 1. The van der Waals surface area contributed by atoms with Crippen molar-refractivity contribution in [2.75, 3.05) is 46.3 Å². The van der Waals surface area contributed by atoms with Crippen molar-refractivity contribution in [1.82, 2.24) is 20.0 Å². The van der Waals surface area contributed by atoms with Gasteiger partial charge in [-0.1, -0.05) is 60.7 Å². The number of nitrogens with zero attached hydrogens (tertiary/aromatic N) is 3. The molecule has 2 aliphatic rings. The maximum atomic E-state index is 13.6. The fraction of sp³-hybridized carbons (Fsp3) is 0.391. The minimum absolute atomic E-state index is 0.0293. The number of rotatable bonds is 6. The molecule has 158 valence electrons. The van der Waals surface area contributed by atoms with Gasteiger partial charge >= 0.3 is 6.03 Å². The molecule has 0 saturated carbocycles. The zero-order valence-electron chi connectivity index (χ0n) is 17.2. The first-order valence-corrected chi connectivity index (χ1v) is 10.3. The van der Waals surface area contributed by atoms with Crippen LogP contribution in [0.15, 0.2) is 60.7 Å². The summed E-state index contributed by atoms with van der Waals surface area (Å²) in [6.45, 7) is 4.03. The number of β-amino-alcohol motifs (C(OH)–C–C–N with tert-alkyl or cyclic N) is 1. The highest BCUT2D eigenvalue weighted by Crippen LogP contribution is 2.36. The van der Waals surface area contributed by atoms with Gasteiger partial charge in [0.05, 0.1) is 12.6 Å². The molecular weight excluding hydrogens is 380 g/mol. The number of amides is 3. The molecular formula is C23H28N4O3. The number of carbonyl (C=O) groups is 2. The van der Waals surface area contributed by atoms with E-state index in [-0.39, 0.29) is 12.5 Å². The molecule has 0 radical (unpaired) electrons. The fourth-order valence-electron chi connectivity index (χ4n) is 4.27. The first-order valence-electron chi connectivity index (χ1n) is 10.3. The summed E-state index contributed by atoms with van der Waals surface area (Å²) in [5, 5.41) is 13.6. The van der Waals surface area contributed by atoms with Crippen LogP contribution in [-0.2, 0) is 10.3 Å². The third-order valence-corrected chi connectivity index (χ3v) is 5.98. The molecule has 2 aromatic carbocycles. The second-order valence-corrected chi connectivity index (χ2v) is 8.09. The lowest BCUT2D eigenvalue weighted by Gasteiger charge is -2.34. The summed E-state index contributed by atoms with van der Waals surface area (Å²) in [4.78, 5) is 32.1. The van der Waals surface area contributed by atoms with Crippen molar-refractivity contribution in [1.29, 1.82) is 0 Å². The smallest absolute Gasteiger partial charge is 0.325 e. The maximum Gasteiger partial charge on any atom is 0.325 e. The Balaban J connectivity index is 1.56. The van der Waals surface area contributed by atoms with Crippen LogP contribution in [0.5, 0.6) is 0 Å². The van der Waals surface area contributed by atoms with Gasteiger partial charge in [0.25, 0.3) is 5.91 Å². The van der Waals surface area contributed by atoms with Gasteiger partial charge < -0.3 is 15.3 Å². The Hall–Kier alpha value is -2.74. The molecule has 0 aromatic heterocycles. The van der Waals surface area contributed by atoms with E-state index >= 15 is 0 Å². The number of urea groups is 1. The van der Waals surface area contributed by atoms with Crippen LogP contribution in [0.2, 0.25) is 0 Å². The maximum absolute atomic E-state index is 13.6. The van der Waals surface area contributed by atoms with Crippen LogP contribution in [0.3, 0.4) is 0 Å². The lowest BCUT2D eigenvalue weighted by atomic mass is 9.82. The van der Waals surface area contributed by atoms with Crippen LogP contribution in [0, 0.1) is 0 Å². The number of carbonyl (C=O) groups excluding carboxylic acids is 2. The molecule has 2 fully saturated rings. The van der Waals surface area contributed by atoms with Crippen LogP contribution in [0.25, 0.3) is 0 Å². The second kappa shape index (κ2) is 8.55. The van der Waals surface area contributed by atoms with Gasteiger partial charge in [-0.2, -0.15) is 0 Å². The third-order valence-electron chi connectivity index (χ3n) is 5.98. The Labute approximate surface area is 176 Å². The van der Waals surface area contributed by atoms with E-state index in [0.717, 1.165) is 31.1 Å². The number of hydrogen-bond donors (Lipinski definition) is 2. The van der Waals surface area contributed by atoms with Gasteiger partial charge in [-0.25, -0.2) is 4.79 Å². The Morgan fingerprint density at radius 3 is 1.97 bits per heavy atom. The Morgan fingerprint density at radius 1 is 0.900 bits per heavy atom. The predicted octanol–water partition coefficient (Wildman–Crippen LogP) is 1.09. The first-order chi connectivity index (χ1) is 14.5. The molecule has 3 amide bonds. The van der Waals surface area contributed by atoms with Crippen molar-refractivity contribution in [3.05, 3.63) is 71.8 Å². The van der Waals surface area contributed by atoms with Crippen LogP contribution in [0.1, 0.15) is 11.1 Å². The molecule has 1 unspecified atom stereocenters. The molecule has 2 saturated heterocycles. The topological polar surface area (TPSA) is 76.1 Å². The molecule has 0 bridgehead atoms. The summed E-state index contributed by atoms with van der Waals surface area (Å²) in [7, 11) is 2.08. The molecule has 2 aromatic rings. The van der Waals surface area contributed by atoms with Gasteiger partial charge in [0, 0.05) is 32.7 Å². The zero-order valence-corrected chi connectivity index (χ0v) is 17.2. The van der Waals surface area contributed by atoms with Crippen molar-refractivity contribution in [2.24, 2.45) is 0 Å². The normalized spacial score (nSPS) is 20.9. The van der Waals surface area contributed by atoms with E-state index in [1.807, 2.05) is 60.7 Å². The zero-order chi connectivity index (χ0) is 21.1. The first kappa shape index (κ1) is 20.5. The highest BCUT2D eigenvalue weighted by Gasteiger charge is 2.53. The second-order valence-electron chi connectivity index (χ2n) is 8.09. The lowest BCUT2D eigenvalue weighted by molar-refractivity contribution is -0.131. The minimum atomic E-state index is -1.28. The third kappa shape index (κ3) is 3.84. The number of nitrogens with one attached hydrogen (secondary N) is 1. The number of aliphatic hydroxyl groups excluding tert-OH is 1. The van der Waals surface area contributed by atoms with Crippen molar-refractivity contribution in [3.63, 3.8) is 0 Å². The highest BCUT2D eigenvalue weighted by atomic mass is 16.3. The van der Waals surface area contributed by atoms with Crippen LogP contribution < -0.4 is 5.32 Å². The summed E-state index contributed by atoms with van der Waals surface area (Å²) < 4.78 is 0. The number of piperazine rings is 1. The largest absolute Gasteiger partial charge is 0.390 e. The van der Waals surface area contributed by atoms with E-state index in [1.54, 1.807) is 0 Å². The van der Waals surface area contributed by atoms with E-state index in [9.17, 15) is 14.7 Å². The quantitative estimate of drug-likeness (QED) is 0.700. The molecule has 0 aliphatic carbocycles. The molecule has 2 aliphatic heterocycles. The number of benzene rings is 2. The van der Waals surface area contributed by atoms with Crippen LogP contribution >= 0.6 is 0 Å². The van der Waals surface area contributed by atoms with Gasteiger partial charge in [0.1, 0.15) is 0 Å². The Bertz CT molecular complexity index is 842. The molecule has 1 atom stereocenters. The molecule has 4 rings (SSSR count). The molecule has 0 spiro atoms. The summed E-state index contributed by atoms with van der Waals surface area (Å²) in [6.07, 6.45) is -0.801. The van der Waals surface area contributed by atoms with E-state index in [1.165, 1.54) is 0 Å². The minimum Gasteiger partial charge on any atom is -0.390 e. The summed E-state index contributed by atoms with van der Waals surface area (Å²) in [5.41, 5.74) is 0.115. The number of likely N-dealkylation sites (N-methyl/N-ethyl adjacent to an activating group) is 1. The molecule has 7 heteroatoms. The monoisotopic (exact) mass is 408 g/mol. The predicted molar refractivity (Wildman–Crippen MR) is 114 cm³/mol. The summed E-state index contributed by atoms with van der Waals surface area (Å²) in [5.74, 6) is -0.359. The molecule has 30 heavy (non-hydrogen) atoms. The SMILES string of the molecule is CN1CCN(CC(O)CN2C(=O)NC(c3ccccc3)(c3ccccc3)C2=O)CC1. The summed E-state index contributed by atoms with van der Waals surface area (Å²) in [6, 6.07) is 18.0. The molecule has 2 N–H and O–H groups in total. The van der Waals surface area contributed by atoms with Gasteiger partial charge in [0.15, 0.2) is 5.54 Å². The van der Waals surface area contributed by atoms with E-state index in [2.05, 4.69) is 22.2 Å². The molecule has 7 nitrogen and oxygen atoms in total. The Morgan fingerprint density at radius 2 is 1.43 bits per heavy atom. The fourth-order valence-corrected chi connectivity index (χ4v) is 4.27. The van der Waals surface area contributed by atoms with Crippen molar-refractivity contribution < 1.29 is 14.7 Å².